The molecule has 0 bridgehead atoms. The highest BCUT2D eigenvalue weighted by molar-refractivity contribution is 9.10. The standard InChI is InChI=1S/C13H15F2NO3.C4H4BrN3/c1-2-3-11(13(18)19)16-12(17)6-8-4-9(14)7-10(15)5-8;5-3-1-8-4(6)2-7-3/h4-5,7,11H,2-3,6H2,1H3,(H,16,17)(H,18,19);1-2H,(H2,6,8). The van der Waals surface area contributed by atoms with E-state index in [9.17, 15) is 18.4 Å². The van der Waals surface area contributed by atoms with E-state index < -0.39 is 29.6 Å². The first kappa shape index (κ1) is 22.4. The van der Waals surface area contributed by atoms with E-state index in [-0.39, 0.29) is 12.0 Å². The van der Waals surface area contributed by atoms with Crippen LogP contribution in [0.5, 0.6) is 0 Å². The molecule has 1 unspecified atom stereocenters. The molecule has 0 saturated heterocycles. The van der Waals surface area contributed by atoms with Crippen LogP contribution in [0.4, 0.5) is 14.6 Å². The Bertz CT molecular complexity index is 734. The predicted molar refractivity (Wildman–Crippen MR) is 98.7 cm³/mol. The highest BCUT2D eigenvalue weighted by Crippen LogP contribution is 2.09. The minimum atomic E-state index is -1.12. The summed E-state index contributed by atoms with van der Waals surface area (Å²) in [6, 6.07) is 1.81. The Morgan fingerprint density at radius 1 is 1.22 bits per heavy atom. The van der Waals surface area contributed by atoms with Crippen LogP contribution in [0.15, 0.2) is 35.2 Å². The summed E-state index contributed by atoms with van der Waals surface area (Å²) in [7, 11) is 0. The molecule has 27 heavy (non-hydrogen) atoms. The number of carboxylic acid groups (broad SMARTS) is 1. The first-order valence-electron chi connectivity index (χ1n) is 7.91. The maximum atomic E-state index is 12.9. The third-order valence-corrected chi connectivity index (χ3v) is 3.55. The number of carbonyl (C=O) groups excluding carboxylic acids is 1. The molecule has 2 aromatic rings. The van der Waals surface area contributed by atoms with Gasteiger partial charge in [-0.15, -0.1) is 0 Å². The number of hydrogen-bond donors (Lipinski definition) is 3. The van der Waals surface area contributed by atoms with Gasteiger partial charge >= 0.3 is 5.97 Å². The van der Waals surface area contributed by atoms with E-state index in [0.29, 0.717) is 29.3 Å². The molecule has 0 saturated carbocycles. The van der Waals surface area contributed by atoms with E-state index in [1.807, 2.05) is 0 Å². The van der Waals surface area contributed by atoms with Crippen molar-refractivity contribution < 1.29 is 23.5 Å². The number of aromatic nitrogens is 2. The van der Waals surface area contributed by atoms with Crippen LogP contribution in [0, 0.1) is 11.6 Å². The van der Waals surface area contributed by atoms with Crippen LogP contribution in [0.25, 0.3) is 0 Å². The Morgan fingerprint density at radius 2 is 1.85 bits per heavy atom. The van der Waals surface area contributed by atoms with Gasteiger partial charge in [0, 0.05) is 6.07 Å². The van der Waals surface area contributed by atoms with Gasteiger partial charge in [0.25, 0.3) is 0 Å². The molecule has 0 aliphatic carbocycles. The lowest BCUT2D eigenvalue weighted by Gasteiger charge is -2.13. The number of amides is 1. The number of anilines is 1. The Balaban J connectivity index is 0.000000377. The summed E-state index contributed by atoms with van der Waals surface area (Å²) in [6.07, 6.45) is 3.69. The van der Waals surface area contributed by atoms with Crippen molar-refractivity contribution in [3.63, 3.8) is 0 Å². The van der Waals surface area contributed by atoms with Crippen molar-refractivity contribution in [1.82, 2.24) is 15.3 Å². The van der Waals surface area contributed by atoms with Gasteiger partial charge in [-0.05, 0) is 40.0 Å². The average molecular weight is 445 g/mol. The van der Waals surface area contributed by atoms with Gasteiger partial charge < -0.3 is 16.2 Å². The molecular weight excluding hydrogens is 426 g/mol. The summed E-state index contributed by atoms with van der Waals surface area (Å²) in [5.41, 5.74) is 5.39. The van der Waals surface area contributed by atoms with E-state index in [4.69, 9.17) is 10.8 Å². The second-order valence-electron chi connectivity index (χ2n) is 5.47. The zero-order valence-electron chi connectivity index (χ0n) is 14.5. The number of nitrogen functional groups attached to an aromatic ring is 1. The zero-order chi connectivity index (χ0) is 20.4. The smallest absolute Gasteiger partial charge is 0.326 e. The van der Waals surface area contributed by atoms with Crippen molar-refractivity contribution in [1.29, 1.82) is 0 Å². The third kappa shape index (κ3) is 9.04. The molecule has 0 spiro atoms. The molecule has 4 N–H and O–H groups in total. The quantitative estimate of drug-likeness (QED) is 0.630. The lowest BCUT2D eigenvalue weighted by Crippen LogP contribution is -2.41. The van der Waals surface area contributed by atoms with Gasteiger partial charge in [0.1, 0.15) is 28.1 Å². The van der Waals surface area contributed by atoms with Gasteiger partial charge in [-0.3, -0.25) is 4.79 Å². The summed E-state index contributed by atoms with van der Waals surface area (Å²) in [5.74, 6) is -2.81. The fourth-order valence-corrected chi connectivity index (χ4v) is 2.22. The van der Waals surface area contributed by atoms with Gasteiger partial charge in [0.05, 0.1) is 18.8 Å². The fourth-order valence-electron chi connectivity index (χ4n) is 2.01. The Morgan fingerprint density at radius 3 is 2.30 bits per heavy atom. The number of halogens is 3. The minimum Gasteiger partial charge on any atom is -0.480 e. The van der Waals surface area contributed by atoms with Crippen molar-refractivity contribution >= 4 is 33.6 Å². The van der Waals surface area contributed by atoms with E-state index in [1.54, 1.807) is 13.1 Å². The van der Waals surface area contributed by atoms with Gasteiger partial charge in [0.15, 0.2) is 0 Å². The SMILES string of the molecule is CCCC(NC(=O)Cc1cc(F)cc(F)c1)C(=O)O.Nc1cnc(Br)cn1. The topological polar surface area (TPSA) is 118 Å². The zero-order valence-corrected chi connectivity index (χ0v) is 16.0. The molecule has 1 atom stereocenters. The van der Waals surface area contributed by atoms with E-state index in [2.05, 4.69) is 31.2 Å². The van der Waals surface area contributed by atoms with Crippen LogP contribution in [0.2, 0.25) is 0 Å². The number of rotatable bonds is 6. The number of nitrogens with one attached hydrogen (secondary N) is 1. The van der Waals surface area contributed by atoms with E-state index in [0.717, 1.165) is 12.1 Å². The lowest BCUT2D eigenvalue weighted by molar-refractivity contribution is -0.141. The van der Waals surface area contributed by atoms with Crippen molar-refractivity contribution in [2.75, 3.05) is 5.73 Å². The molecule has 1 heterocycles. The minimum absolute atomic E-state index is 0.163. The van der Waals surface area contributed by atoms with Crippen LogP contribution < -0.4 is 11.1 Å². The Kier molecular flexibility index (Phi) is 9.27. The van der Waals surface area contributed by atoms with Crippen LogP contribution in [0.3, 0.4) is 0 Å². The molecule has 1 aromatic carbocycles. The molecule has 0 fully saturated rings. The lowest BCUT2D eigenvalue weighted by atomic mass is 10.1. The molecule has 0 aliphatic rings. The Labute approximate surface area is 163 Å². The summed E-state index contributed by atoms with van der Waals surface area (Å²) < 4.78 is 26.5. The van der Waals surface area contributed by atoms with Gasteiger partial charge in [0.2, 0.25) is 5.91 Å². The monoisotopic (exact) mass is 444 g/mol. The Hall–Kier alpha value is -2.62. The second kappa shape index (κ2) is 11.2. The molecular formula is C17H19BrF2N4O3. The van der Waals surface area contributed by atoms with Crippen molar-refractivity contribution in [2.45, 2.75) is 32.2 Å². The number of aliphatic carboxylic acids is 1. The molecule has 10 heteroatoms. The summed E-state index contributed by atoms with van der Waals surface area (Å²) in [5, 5.41) is 11.2. The van der Waals surface area contributed by atoms with E-state index >= 15 is 0 Å². The van der Waals surface area contributed by atoms with Crippen molar-refractivity contribution in [2.24, 2.45) is 0 Å². The van der Waals surface area contributed by atoms with E-state index in [1.165, 1.54) is 6.20 Å². The molecule has 1 aromatic heterocycles. The number of hydrogen-bond acceptors (Lipinski definition) is 5. The number of nitrogens with zero attached hydrogens (tertiary/aromatic N) is 2. The van der Waals surface area contributed by atoms with Crippen LogP contribution in [-0.4, -0.2) is 33.0 Å². The maximum Gasteiger partial charge on any atom is 0.326 e. The fraction of sp³-hybridized carbons (Fsp3) is 0.294. The van der Waals surface area contributed by atoms with Crippen molar-refractivity contribution in [3.05, 3.63) is 52.4 Å². The number of benzene rings is 1. The number of nitrogens with two attached hydrogens (primary N) is 1. The molecule has 1 amide bonds. The molecule has 0 aliphatic heterocycles. The average Bonchev–Trinajstić information content (AvgIpc) is 2.56. The van der Waals surface area contributed by atoms with Gasteiger partial charge in [-0.1, -0.05) is 13.3 Å². The van der Waals surface area contributed by atoms with Gasteiger partial charge in [-0.25, -0.2) is 23.5 Å². The number of carbonyl (C=O) groups is 2. The summed E-state index contributed by atoms with van der Waals surface area (Å²) in [6.45, 7) is 1.80. The third-order valence-electron chi connectivity index (χ3n) is 3.14. The number of carboxylic acids is 1. The molecule has 7 nitrogen and oxygen atoms in total. The molecule has 0 radical (unpaired) electrons. The summed E-state index contributed by atoms with van der Waals surface area (Å²) in [4.78, 5) is 30.0. The van der Waals surface area contributed by atoms with Crippen LogP contribution >= 0.6 is 15.9 Å². The maximum absolute atomic E-state index is 12.9. The predicted octanol–water partition coefficient (Wildman–Crippen LogP) is 2.70. The molecule has 146 valence electrons. The highest BCUT2D eigenvalue weighted by atomic mass is 79.9. The summed E-state index contributed by atoms with van der Waals surface area (Å²) >= 11 is 3.12. The van der Waals surface area contributed by atoms with Gasteiger partial charge in [-0.2, -0.15) is 0 Å². The largest absolute Gasteiger partial charge is 0.480 e. The molecule has 2 rings (SSSR count). The first-order valence-corrected chi connectivity index (χ1v) is 8.70. The highest BCUT2D eigenvalue weighted by Gasteiger charge is 2.19. The van der Waals surface area contributed by atoms with Crippen molar-refractivity contribution in [3.8, 4) is 0 Å². The first-order chi connectivity index (χ1) is 12.7. The van der Waals surface area contributed by atoms with Crippen LogP contribution in [0.1, 0.15) is 25.3 Å². The van der Waals surface area contributed by atoms with Crippen LogP contribution in [-0.2, 0) is 16.0 Å². The second-order valence-corrected chi connectivity index (χ2v) is 6.28. The normalized spacial score (nSPS) is 11.1.